The average Bonchev–Trinajstić information content (AvgIpc) is 3.59. The highest BCUT2D eigenvalue weighted by atomic mass is 32.2. The van der Waals surface area contributed by atoms with Crippen molar-refractivity contribution in [2.45, 2.75) is 37.5 Å². The predicted molar refractivity (Wildman–Crippen MR) is 176 cm³/mol. The number of hydrogen-bond acceptors (Lipinski definition) is 8. The first-order chi connectivity index (χ1) is 23.7. The number of likely N-dealkylation sites (N-methyl/N-ethyl adjacent to an activating group) is 1. The summed E-state index contributed by atoms with van der Waals surface area (Å²) in [7, 11) is -0.415. The number of sulfonamides is 1. The number of anilines is 1. The Morgan fingerprint density at radius 1 is 1.04 bits per heavy atom. The van der Waals surface area contributed by atoms with Gasteiger partial charge in [0.25, 0.3) is 5.91 Å². The van der Waals surface area contributed by atoms with Crippen LogP contribution in [0.1, 0.15) is 44.8 Å². The van der Waals surface area contributed by atoms with Gasteiger partial charge in [-0.2, -0.15) is 22.0 Å². The summed E-state index contributed by atoms with van der Waals surface area (Å²) < 4.78 is 107. The van der Waals surface area contributed by atoms with Gasteiger partial charge in [-0.15, -0.1) is 0 Å². The molecule has 2 aromatic carbocycles. The van der Waals surface area contributed by atoms with Gasteiger partial charge >= 0.3 is 18.1 Å². The van der Waals surface area contributed by atoms with Crippen LogP contribution in [0.25, 0.3) is 22.0 Å². The molecule has 2 fully saturated rings. The summed E-state index contributed by atoms with van der Waals surface area (Å²) in [5.74, 6) is -9.77. The SMILES string of the molecule is COc1c(C(N)=O)cc(C(F)(F)C(F)(F)F)c(-c2c(C(=O)O)n(C)c3c(CN4CCN(C(=O)C5CCCN5C)CC4)cccc23)c1NS(C)(=O)=O. The molecule has 2 aliphatic heterocycles. The molecule has 1 aromatic heterocycles. The van der Waals surface area contributed by atoms with Gasteiger partial charge in [0.15, 0.2) is 5.75 Å². The zero-order valence-corrected chi connectivity index (χ0v) is 28.9. The number of primary amides is 1. The number of nitrogens with two attached hydrogens (primary N) is 1. The Hall–Kier alpha value is -4.49. The van der Waals surface area contributed by atoms with Crippen molar-refractivity contribution < 1.29 is 54.6 Å². The Balaban J connectivity index is 1.71. The van der Waals surface area contributed by atoms with Crippen LogP contribution in [0.2, 0.25) is 0 Å². The summed E-state index contributed by atoms with van der Waals surface area (Å²) in [6, 6.07) is 4.36. The highest BCUT2D eigenvalue weighted by molar-refractivity contribution is 7.92. The number of para-hydroxylation sites is 1. The van der Waals surface area contributed by atoms with Gasteiger partial charge in [-0.1, -0.05) is 18.2 Å². The number of likely N-dealkylation sites (tertiary alicyclic amines) is 1. The second kappa shape index (κ2) is 13.6. The van der Waals surface area contributed by atoms with E-state index < -0.39 is 73.4 Å². The predicted octanol–water partition coefficient (Wildman–Crippen LogP) is 3.42. The molecule has 4 N–H and O–H groups in total. The first-order valence-electron chi connectivity index (χ1n) is 15.7. The third kappa shape index (κ3) is 6.93. The summed E-state index contributed by atoms with van der Waals surface area (Å²) >= 11 is 0. The van der Waals surface area contributed by atoms with Crippen LogP contribution in [0.3, 0.4) is 0 Å². The summed E-state index contributed by atoms with van der Waals surface area (Å²) in [4.78, 5) is 44.1. The lowest BCUT2D eigenvalue weighted by Gasteiger charge is -2.37. The average molecular weight is 745 g/mol. The number of piperazine rings is 1. The Bertz CT molecular complexity index is 2010. The summed E-state index contributed by atoms with van der Waals surface area (Å²) in [5, 5.41) is 10.3. The van der Waals surface area contributed by atoms with E-state index in [1.165, 1.54) is 19.2 Å². The molecule has 0 spiro atoms. The van der Waals surface area contributed by atoms with E-state index in [1.807, 2.05) is 21.6 Å². The van der Waals surface area contributed by atoms with Crippen molar-refractivity contribution in [3.63, 3.8) is 0 Å². The molecular weight excluding hydrogens is 707 g/mol. The van der Waals surface area contributed by atoms with Crippen molar-refractivity contribution in [3.05, 3.63) is 46.6 Å². The second-order valence-corrected chi connectivity index (χ2v) is 14.5. The quantitative estimate of drug-likeness (QED) is 0.264. The monoisotopic (exact) mass is 744 g/mol. The lowest BCUT2D eigenvalue weighted by molar-refractivity contribution is -0.289. The van der Waals surface area contributed by atoms with E-state index in [2.05, 4.69) is 0 Å². The van der Waals surface area contributed by atoms with Gasteiger partial charge in [-0.3, -0.25) is 24.1 Å². The number of ether oxygens (including phenoxy) is 1. The van der Waals surface area contributed by atoms with Crippen LogP contribution < -0.4 is 15.2 Å². The minimum Gasteiger partial charge on any atom is -0.494 e. The van der Waals surface area contributed by atoms with Crippen molar-refractivity contribution >= 4 is 44.4 Å². The smallest absolute Gasteiger partial charge is 0.458 e. The van der Waals surface area contributed by atoms with Crippen molar-refractivity contribution in [1.29, 1.82) is 0 Å². The molecule has 51 heavy (non-hydrogen) atoms. The molecule has 0 saturated carbocycles. The third-order valence-electron chi connectivity index (χ3n) is 9.36. The molecule has 0 aliphatic carbocycles. The van der Waals surface area contributed by atoms with E-state index >= 15 is 8.78 Å². The van der Waals surface area contributed by atoms with E-state index in [-0.39, 0.29) is 35.5 Å². The van der Waals surface area contributed by atoms with Gasteiger partial charge in [0.1, 0.15) is 5.69 Å². The van der Waals surface area contributed by atoms with Gasteiger partial charge in [0.05, 0.1) is 36.2 Å². The number of benzene rings is 2. The number of rotatable bonds is 10. The number of aromatic carboxylic acids is 1. The molecule has 13 nitrogen and oxygen atoms in total. The molecule has 3 heterocycles. The van der Waals surface area contributed by atoms with Crippen molar-refractivity contribution in [3.8, 4) is 16.9 Å². The van der Waals surface area contributed by atoms with Crippen LogP contribution in [0.5, 0.6) is 5.75 Å². The largest absolute Gasteiger partial charge is 0.494 e. The van der Waals surface area contributed by atoms with Crippen LogP contribution in [0.15, 0.2) is 24.3 Å². The normalized spacial score (nSPS) is 18.0. The number of fused-ring (bicyclic) bond motifs is 1. The van der Waals surface area contributed by atoms with E-state index in [9.17, 15) is 41.1 Å². The Morgan fingerprint density at radius 2 is 1.69 bits per heavy atom. The van der Waals surface area contributed by atoms with Crippen LogP contribution >= 0.6 is 0 Å². The van der Waals surface area contributed by atoms with Crippen molar-refractivity contribution in [1.82, 2.24) is 19.3 Å². The van der Waals surface area contributed by atoms with Crippen molar-refractivity contribution in [2.75, 3.05) is 57.9 Å². The number of carbonyl (C=O) groups is 3. The number of halogens is 5. The number of nitrogens with one attached hydrogen (secondary N) is 1. The maximum Gasteiger partial charge on any atom is 0.458 e. The van der Waals surface area contributed by atoms with E-state index in [4.69, 9.17) is 10.5 Å². The van der Waals surface area contributed by atoms with Crippen LogP contribution in [0, 0.1) is 0 Å². The maximum atomic E-state index is 15.6. The van der Waals surface area contributed by atoms with Gasteiger partial charge in [-0.25, -0.2) is 13.2 Å². The zero-order chi connectivity index (χ0) is 37.8. The van der Waals surface area contributed by atoms with E-state index in [0.717, 1.165) is 31.1 Å². The minimum atomic E-state index is -6.29. The first-order valence-corrected chi connectivity index (χ1v) is 17.6. The number of hydrogen-bond donors (Lipinski definition) is 3. The van der Waals surface area contributed by atoms with E-state index in [1.54, 1.807) is 11.0 Å². The molecule has 1 unspecified atom stereocenters. The Labute approximate surface area is 289 Å². The molecule has 2 aliphatic rings. The number of alkyl halides is 5. The number of aryl methyl sites for hydroxylation is 1. The third-order valence-corrected chi connectivity index (χ3v) is 9.94. The van der Waals surface area contributed by atoms with Gasteiger partial charge in [-0.05, 0) is 38.1 Å². The Kier molecular flexibility index (Phi) is 10.0. The molecule has 2 amide bonds. The lowest BCUT2D eigenvalue weighted by atomic mass is 9.88. The molecular formula is C32H37F5N6O7S. The number of methoxy groups -OCH3 is 1. The van der Waals surface area contributed by atoms with Crippen LogP contribution in [-0.4, -0.2) is 116 Å². The van der Waals surface area contributed by atoms with Crippen LogP contribution in [0.4, 0.5) is 27.6 Å². The maximum absolute atomic E-state index is 15.6. The molecule has 0 bridgehead atoms. The van der Waals surface area contributed by atoms with Gasteiger partial charge in [0.2, 0.25) is 15.9 Å². The Morgan fingerprint density at radius 3 is 2.20 bits per heavy atom. The first kappa shape index (κ1) is 37.8. The molecule has 5 rings (SSSR count). The number of carboxylic acids is 1. The van der Waals surface area contributed by atoms with E-state index in [0.29, 0.717) is 38.0 Å². The minimum absolute atomic E-state index is 0.0395. The fourth-order valence-electron chi connectivity index (χ4n) is 7.03. The molecule has 0 radical (unpaired) electrons. The molecule has 1 atom stereocenters. The fourth-order valence-corrected chi connectivity index (χ4v) is 7.60. The highest BCUT2D eigenvalue weighted by Crippen LogP contribution is 2.54. The second-order valence-electron chi connectivity index (χ2n) is 12.7. The fraction of sp³-hybridized carbons (Fsp3) is 0.469. The molecule has 3 aromatic rings. The summed E-state index contributed by atoms with van der Waals surface area (Å²) in [6.45, 7) is 2.74. The standard InChI is InChI=1S/C32H37F5N6O7S/c1-40-10-6-9-21(40)29(45)43-13-11-42(12-14-43)16-17-7-5-8-18-22(26(30(46)47)41(2)25(17)18)23-20(31(33,34)32(35,36)37)15-19(28(38)44)27(50-3)24(23)39-51(4,48)49/h5,7-8,15,21,39H,6,9-14,16H2,1-4H3,(H2,38,44)(H,46,47). The summed E-state index contributed by atoms with van der Waals surface area (Å²) in [5.41, 5.74) is -0.628. The number of amides is 2. The zero-order valence-electron chi connectivity index (χ0n) is 28.1. The topological polar surface area (TPSA) is 168 Å². The number of nitrogens with zero attached hydrogens (tertiary/aromatic N) is 4. The molecule has 2 saturated heterocycles. The summed E-state index contributed by atoms with van der Waals surface area (Å²) in [6.07, 6.45) is -4.01. The molecule has 19 heteroatoms. The molecule has 278 valence electrons. The van der Waals surface area contributed by atoms with Gasteiger partial charge in [0, 0.05) is 61.8 Å². The van der Waals surface area contributed by atoms with Crippen molar-refractivity contribution in [2.24, 2.45) is 12.8 Å². The highest BCUT2D eigenvalue weighted by Gasteiger charge is 2.60. The lowest BCUT2D eigenvalue weighted by Crippen LogP contribution is -2.52. The van der Waals surface area contributed by atoms with Crippen LogP contribution in [-0.2, 0) is 34.3 Å². The number of carboxylic acid groups (broad SMARTS) is 1. The number of aromatic nitrogens is 1. The van der Waals surface area contributed by atoms with Gasteiger partial charge < -0.3 is 25.0 Å². The number of carbonyl (C=O) groups excluding carboxylic acids is 2.